The zero-order chi connectivity index (χ0) is 25.0. The molecule has 0 saturated heterocycles. The molecule has 0 heterocycles. The number of nitrogens with one attached hydrogen (secondary N) is 1. The molecule has 0 bridgehead atoms. The number of benzene rings is 2. The molecule has 186 valence electrons. The fourth-order valence-electron chi connectivity index (χ4n) is 4.66. The van der Waals surface area contributed by atoms with Crippen LogP contribution in [0, 0.1) is 0 Å². The number of hydrogen-bond acceptors (Lipinski definition) is 4. The van der Waals surface area contributed by atoms with E-state index in [9.17, 15) is 13.5 Å². The second-order valence-electron chi connectivity index (χ2n) is 10.4. The van der Waals surface area contributed by atoms with E-state index < -0.39 is 10.0 Å². The number of phenols is 1. The normalized spacial score (nSPS) is 19.6. The third-order valence-corrected chi connectivity index (χ3v) is 8.35. The predicted molar refractivity (Wildman–Crippen MR) is 141 cm³/mol. The standard InChI is InChI=1S/C28H40N2O3S/c1-18(2)22-15-23(19(3)4)28(24(16-22)20(5)6)34(32,33)30-26-13-9-8-12-25(26)29-17-21-11-7-10-14-27(21)31/h7,10-11,14-20,25-26,30-31H,8-9,12-13H2,1-6H3/t25-,26-/m1/s1. The summed E-state index contributed by atoms with van der Waals surface area (Å²) >= 11 is 0. The summed E-state index contributed by atoms with van der Waals surface area (Å²) in [7, 11) is -3.75. The monoisotopic (exact) mass is 484 g/mol. The van der Waals surface area contributed by atoms with Crippen molar-refractivity contribution in [3.05, 3.63) is 58.7 Å². The third-order valence-electron chi connectivity index (χ3n) is 6.73. The molecule has 0 aromatic heterocycles. The van der Waals surface area contributed by atoms with Crippen molar-refractivity contribution in [1.82, 2.24) is 4.72 Å². The van der Waals surface area contributed by atoms with Crippen LogP contribution in [0.2, 0.25) is 0 Å². The van der Waals surface area contributed by atoms with E-state index in [1.54, 1.807) is 24.4 Å². The molecule has 6 heteroatoms. The van der Waals surface area contributed by atoms with Crippen molar-refractivity contribution in [2.24, 2.45) is 4.99 Å². The Bertz CT molecular complexity index is 1090. The minimum Gasteiger partial charge on any atom is -0.507 e. The van der Waals surface area contributed by atoms with Crippen molar-refractivity contribution < 1.29 is 13.5 Å². The Morgan fingerprint density at radius 3 is 2.09 bits per heavy atom. The van der Waals surface area contributed by atoms with Gasteiger partial charge in [-0.3, -0.25) is 4.99 Å². The van der Waals surface area contributed by atoms with Crippen LogP contribution in [0.4, 0.5) is 0 Å². The van der Waals surface area contributed by atoms with Crippen LogP contribution in [0.1, 0.15) is 107 Å². The second-order valence-corrected chi connectivity index (χ2v) is 12.1. The van der Waals surface area contributed by atoms with Gasteiger partial charge in [0.15, 0.2) is 0 Å². The SMILES string of the molecule is CC(C)c1cc(C(C)C)c(S(=O)(=O)N[C@@H]2CCCC[C@H]2N=Cc2ccccc2O)c(C(C)C)c1. The van der Waals surface area contributed by atoms with Gasteiger partial charge in [-0.25, -0.2) is 13.1 Å². The lowest BCUT2D eigenvalue weighted by molar-refractivity contribution is 0.363. The van der Waals surface area contributed by atoms with Crippen molar-refractivity contribution in [1.29, 1.82) is 0 Å². The molecule has 5 nitrogen and oxygen atoms in total. The zero-order valence-electron chi connectivity index (χ0n) is 21.4. The van der Waals surface area contributed by atoms with Gasteiger partial charge in [-0.05, 0) is 59.4 Å². The van der Waals surface area contributed by atoms with Gasteiger partial charge < -0.3 is 5.11 Å². The molecule has 3 rings (SSSR count). The largest absolute Gasteiger partial charge is 0.507 e. The van der Waals surface area contributed by atoms with Gasteiger partial charge >= 0.3 is 0 Å². The average molecular weight is 485 g/mol. The van der Waals surface area contributed by atoms with Crippen molar-refractivity contribution in [2.45, 2.75) is 102 Å². The molecule has 0 amide bonds. The first-order valence-electron chi connectivity index (χ1n) is 12.5. The maximum absolute atomic E-state index is 13.9. The third kappa shape index (κ3) is 6.08. The summed E-state index contributed by atoms with van der Waals surface area (Å²) in [6.45, 7) is 12.5. The van der Waals surface area contributed by atoms with Gasteiger partial charge in [0.05, 0.1) is 10.9 Å². The van der Waals surface area contributed by atoms with E-state index in [1.165, 1.54) is 5.56 Å². The van der Waals surface area contributed by atoms with Crippen LogP contribution in [-0.4, -0.2) is 31.8 Å². The van der Waals surface area contributed by atoms with Crippen molar-refractivity contribution in [3.63, 3.8) is 0 Å². The van der Waals surface area contributed by atoms with Gasteiger partial charge in [-0.1, -0.05) is 78.6 Å². The van der Waals surface area contributed by atoms with Crippen LogP contribution in [0.5, 0.6) is 5.75 Å². The van der Waals surface area contributed by atoms with Gasteiger partial charge in [-0.15, -0.1) is 0 Å². The van der Waals surface area contributed by atoms with E-state index in [0.29, 0.717) is 16.4 Å². The number of nitrogens with zero attached hydrogens (tertiary/aromatic N) is 1. The zero-order valence-corrected chi connectivity index (χ0v) is 22.2. The fraction of sp³-hybridized carbons (Fsp3) is 0.536. The molecule has 0 radical (unpaired) electrons. The van der Waals surface area contributed by atoms with Crippen molar-refractivity contribution in [2.75, 3.05) is 0 Å². The van der Waals surface area contributed by atoms with Crippen LogP contribution in [0.15, 0.2) is 46.3 Å². The highest BCUT2D eigenvalue weighted by Gasteiger charge is 2.33. The quantitative estimate of drug-likeness (QED) is 0.421. The lowest BCUT2D eigenvalue weighted by Crippen LogP contribution is -2.44. The number of aromatic hydroxyl groups is 1. The Labute approximate surface area is 205 Å². The molecule has 2 aromatic rings. The van der Waals surface area contributed by atoms with Crippen LogP contribution in [0.3, 0.4) is 0 Å². The lowest BCUT2D eigenvalue weighted by Gasteiger charge is -2.31. The number of para-hydroxylation sites is 1. The Hall–Kier alpha value is -2.18. The molecule has 0 unspecified atom stereocenters. The molecule has 0 spiro atoms. The lowest BCUT2D eigenvalue weighted by atomic mass is 9.89. The topological polar surface area (TPSA) is 78.8 Å². The van der Waals surface area contributed by atoms with E-state index >= 15 is 0 Å². The van der Waals surface area contributed by atoms with Crippen LogP contribution in [-0.2, 0) is 10.0 Å². The fourth-order valence-corrected chi connectivity index (χ4v) is 6.66. The maximum atomic E-state index is 13.9. The van der Waals surface area contributed by atoms with Crippen molar-refractivity contribution in [3.8, 4) is 5.75 Å². The summed E-state index contributed by atoms with van der Waals surface area (Å²) in [6.07, 6.45) is 5.22. The molecule has 1 fully saturated rings. The smallest absolute Gasteiger partial charge is 0.241 e. The molecule has 2 atom stereocenters. The van der Waals surface area contributed by atoms with Crippen molar-refractivity contribution >= 4 is 16.2 Å². The highest BCUT2D eigenvalue weighted by atomic mass is 32.2. The van der Waals surface area contributed by atoms with Gasteiger partial charge in [0.2, 0.25) is 10.0 Å². The second kappa shape index (κ2) is 11.0. The highest BCUT2D eigenvalue weighted by molar-refractivity contribution is 7.89. The van der Waals surface area contributed by atoms with Gasteiger partial charge in [-0.2, -0.15) is 0 Å². The average Bonchev–Trinajstić information content (AvgIpc) is 2.78. The van der Waals surface area contributed by atoms with E-state index in [0.717, 1.165) is 36.8 Å². The maximum Gasteiger partial charge on any atom is 0.241 e. The molecular formula is C28H40N2O3S. The first-order valence-corrected chi connectivity index (χ1v) is 14.0. The van der Waals surface area contributed by atoms with Gasteiger partial charge in [0.25, 0.3) is 0 Å². The summed E-state index contributed by atoms with van der Waals surface area (Å²) < 4.78 is 30.9. The van der Waals surface area contributed by atoms with Gasteiger partial charge in [0, 0.05) is 17.8 Å². The summed E-state index contributed by atoms with van der Waals surface area (Å²) in [4.78, 5) is 5.15. The number of sulfonamides is 1. The highest BCUT2D eigenvalue weighted by Crippen LogP contribution is 2.36. The number of rotatable bonds is 8. The summed E-state index contributed by atoms with van der Waals surface area (Å²) in [5.41, 5.74) is 3.58. The van der Waals surface area contributed by atoms with Gasteiger partial charge in [0.1, 0.15) is 5.75 Å². The number of hydrogen-bond donors (Lipinski definition) is 2. The van der Waals surface area contributed by atoms with E-state index in [-0.39, 0.29) is 29.7 Å². The number of aliphatic imine (C=N–C) groups is 1. The molecule has 2 N–H and O–H groups in total. The van der Waals surface area contributed by atoms with E-state index in [4.69, 9.17) is 4.99 Å². The Balaban J connectivity index is 1.98. The minimum atomic E-state index is -3.75. The molecule has 2 aromatic carbocycles. The number of phenolic OH excluding ortho intramolecular Hbond substituents is 1. The summed E-state index contributed by atoms with van der Waals surface area (Å²) in [6, 6.07) is 10.8. The summed E-state index contributed by atoms with van der Waals surface area (Å²) in [5, 5.41) is 10.1. The van der Waals surface area contributed by atoms with Crippen LogP contribution in [0.25, 0.3) is 0 Å². The van der Waals surface area contributed by atoms with Crippen LogP contribution < -0.4 is 4.72 Å². The molecule has 34 heavy (non-hydrogen) atoms. The molecular weight excluding hydrogens is 444 g/mol. The molecule has 0 aliphatic heterocycles. The van der Waals surface area contributed by atoms with Crippen LogP contribution >= 0.6 is 0 Å². The Kier molecular flexibility index (Phi) is 8.58. The molecule has 1 saturated carbocycles. The van der Waals surface area contributed by atoms with E-state index in [1.807, 2.05) is 6.07 Å². The van der Waals surface area contributed by atoms with E-state index in [2.05, 4.69) is 58.4 Å². The molecule has 1 aliphatic carbocycles. The minimum absolute atomic E-state index is 0.0870. The predicted octanol–water partition coefficient (Wildman–Crippen LogP) is 6.47. The Morgan fingerprint density at radius 2 is 1.53 bits per heavy atom. The first-order chi connectivity index (χ1) is 16.0. The first kappa shape index (κ1) is 26.4. The Morgan fingerprint density at radius 1 is 0.941 bits per heavy atom. The summed E-state index contributed by atoms with van der Waals surface area (Å²) in [5.74, 6) is 0.673. The molecule has 1 aliphatic rings.